The largest absolute Gasteiger partial charge is 0.491 e. The van der Waals surface area contributed by atoms with Gasteiger partial charge in [-0.3, -0.25) is 4.79 Å². The van der Waals surface area contributed by atoms with E-state index in [1.807, 2.05) is 69.3 Å². The molecule has 1 aromatic heterocycles. The van der Waals surface area contributed by atoms with Gasteiger partial charge in [-0.1, -0.05) is 36.4 Å². The number of fused-ring (bicyclic) bond motifs is 1. The second-order valence-electron chi connectivity index (χ2n) is 6.51. The Kier molecular flexibility index (Phi) is 5.07. The standard InChI is InChI=1S/C21H23N3O2/c1-13(2)26-19-11-7-5-8-15(19)14(3)23-20-12-17(21(22)25)16-9-4-6-10-18(16)24-20/h4-14H,1-3H3,(H2,22,25)(H,23,24). The third-order valence-electron chi connectivity index (χ3n) is 4.09. The zero-order chi connectivity index (χ0) is 18.7. The minimum absolute atomic E-state index is 0.0562. The molecule has 0 fully saturated rings. The molecule has 0 aliphatic carbocycles. The molecular formula is C21H23N3O2. The molecular weight excluding hydrogens is 326 g/mol. The third kappa shape index (κ3) is 3.77. The molecule has 2 aromatic carbocycles. The number of nitrogens with zero attached hydrogens (tertiary/aromatic N) is 1. The van der Waals surface area contributed by atoms with Crippen LogP contribution in [0.2, 0.25) is 0 Å². The van der Waals surface area contributed by atoms with Crippen molar-refractivity contribution in [3.63, 3.8) is 0 Å². The van der Waals surface area contributed by atoms with Crippen LogP contribution in [0.4, 0.5) is 5.82 Å². The molecule has 1 heterocycles. The van der Waals surface area contributed by atoms with Crippen molar-refractivity contribution in [3.05, 3.63) is 65.7 Å². The lowest BCUT2D eigenvalue weighted by Gasteiger charge is -2.20. The molecule has 1 atom stereocenters. The average molecular weight is 349 g/mol. The fourth-order valence-electron chi connectivity index (χ4n) is 2.95. The lowest BCUT2D eigenvalue weighted by Crippen LogP contribution is -2.15. The zero-order valence-corrected chi connectivity index (χ0v) is 15.2. The van der Waals surface area contributed by atoms with E-state index in [1.54, 1.807) is 6.07 Å². The Morgan fingerprint density at radius 3 is 2.50 bits per heavy atom. The van der Waals surface area contributed by atoms with Gasteiger partial charge in [0.15, 0.2) is 0 Å². The van der Waals surface area contributed by atoms with Crippen LogP contribution >= 0.6 is 0 Å². The van der Waals surface area contributed by atoms with Crippen molar-refractivity contribution in [3.8, 4) is 5.75 Å². The van der Waals surface area contributed by atoms with Crippen molar-refractivity contribution < 1.29 is 9.53 Å². The number of hydrogen-bond donors (Lipinski definition) is 2. The lowest BCUT2D eigenvalue weighted by atomic mass is 10.1. The van der Waals surface area contributed by atoms with Crippen LogP contribution < -0.4 is 15.8 Å². The van der Waals surface area contributed by atoms with Crippen molar-refractivity contribution >= 4 is 22.6 Å². The topological polar surface area (TPSA) is 77.2 Å². The van der Waals surface area contributed by atoms with Crippen molar-refractivity contribution in [2.75, 3.05) is 5.32 Å². The summed E-state index contributed by atoms with van der Waals surface area (Å²) in [6, 6.07) is 17.0. The van der Waals surface area contributed by atoms with Crippen LogP contribution in [0.3, 0.4) is 0 Å². The smallest absolute Gasteiger partial charge is 0.249 e. The number of aromatic nitrogens is 1. The van der Waals surface area contributed by atoms with Gasteiger partial charge >= 0.3 is 0 Å². The molecule has 3 rings (SSSR count). The number of benzene rings is 2. The number of amides is 1. The summed E-state index contributed by atoms with van der Waals surface area (Å²) in [5.74, 6) is 0.964. The molecule has 0 saturated carbocycles. The minimum atomic E-state index is -0.470. The van der Waals surface area contributed by atoms with E-state index >= 15 is 0 Å². The Morgan fingerprint density at radius 1 is 1.08 bits per heavy atom. The van der Waals surface area contributed by atoms with Crippen LogP contribution in [0, 0.1) is 0 Å². The first kappa shape index (κ1) is 17.7. The van der Waals surface area contributed by atoms with E-state index in [-0.39, 0.29) is 12.1 Å². The summed E-state index contributed by atoms with van der Waals surface area (Å²) < 4.78 is 5.90. The number of carbonyl (C=O) groups excluding carboxylic acids is 1. The summed E-state index contributed by atoms with van der Waals surface area (Å²) in [7, 11) is 0. The molecule has 0 aliphatic rings. The van der Waals surface area contributed by atoms with Gasteiger partial charge in [-0.25, -0.2) is 4.98 Å². The number of nitrogens with one attached hydrogen (secondary N) is 1. The molecule has 0 spiro atoms. The normalized spacial score (nSPS) is 12.2. The first-order valence-electron chi connectivity index (χ1n) is 8.67. The van der Waals surface area contributed by atoms with Crippen LogP contribution in [0.1, 0.15) is 42.7 Å². The fourth-order valence-corrected chi connectivity index (χ4v) is 2.95. The Morgan fingerprint density at radius 2 is 1.77 bits per heavy atom. The molecule has 5 nitrogen and oxygen atoms in total. The predicted octanol–water partition coefficient (Wildman–Crippen LogP) is 4.29. The van der Waals surface area contributed by atoms with Crippen LogP contribution in [-0.4, -0.2) is 17.0 Å². The number of rotatable bonds is 6. The summed E-state index contributed by atoms with van der Waals surface area (Å²) in [6.45, 7) is 6.03. The highest BCUT2D eigenvalue weighted by atomic mass is 16.5. The van der Waals surface area contributed by atoms with E-state index in [0.717, 1.165) is 22.2 Å². The SMILES string of the molecule is CC(C)Oc1ccccc1C(C)Nc1cc(C(N)=O)c2ccccc2n1. The van der Waals surface area contributed by atoms with E-state index in [1.165, 1.54) is 0 Å². The second kappa shape index (κ2) is 7.44. The quantitative estimate of drug-likeness (QED) is 0.696. The van der Waals surface area contributed by atoms with Gasteiger partial charge in [-0.05, 0) is 39.0 Å². The maximum Gasteiger partial charge on any atom is 0.249 e. The van der Waals surface area contributed by atoms with Crippen LogP contribution in [0.25, 0.3) is 10.9 Å². The Balaban J connectivity index is 1.95. The van der Waals surface area contributed by atoms with Crippen molar-refractivity contribution in [1.82, 2.24) is 4.98 Å². The number of nitrogens with two attached hydrogens (primary N) is 1. The highest BCUT2D eigenvalue weighted by Crippen LogP contribution is 2.29. The summed E-state index contributed by atoms with van der Waals surface area (Å²) in [5, 5.41) is 4.11. The monoisotopic (exact) mass is 349 g/mol. The van der Waals surface area contributed by atoms with Crippen LogP contribution in [0.5, 0.6) is 5.75 Å². The van der Waals surface area contributed by atoms with Gasteiger partial charge in [0.25, 0.3) is 0 Å². The highest BCUT2D eigenvalue weighted by molar-refractivity contribution is 6.06. The lowest BCUT2D eigenvalue weighted by molar-refractivity contribution is 0.100. The molecule has 26 heavy (non-hydrogen) atoms. The van der Waals surface area contributed by atoms with Gasteiger partial charge < -0.3 is 15.8 Å². The number of carbonyl (C=O) groups is 1. The molecule has 0 saturated heterocycles. The molecule has 0 bridgehead atoms. The molecule has 1 unspecified atom stereocenters. The molecule has 5 heteroatoms. The summed E-state index contributed by atoms with van der Waals surface area (Å²) in [4.78, 5) is 16.5. The number of pyridine rings is 1. The van der Waals surface area contributed by atoms with Gasteiger partial charge in [-0.2, -0.15) is 0 Å². The Bertz CT molecular complexity index is 937. The first-order chi connectivity index (χ1) is 12.5. The van der Waals surface area contributed by atoms with Gasteiger partial charge in [0.2, 0.25) is 5.91 Å². The van der Waals surface area contributed by atoms with Crippen LogP contribution in [0.15, 0.2) is 54.6 Å². The van der Waals surface area contributed by atoms with Gasteiger partial charge in [0, 0.05) is 10.9 Å². The van der Waals surface area contributed by atoms with Crippen molar-refractivity contribution in [2.45, 2.75) is 32.9 Å². The molecule has 3 N–H and O–H groups in total. The maximum absolute atomic E-state index is 11.8. The number of primary amides is 1. The molecule has 0 radical (unpaired) electrons. The summed E-state index contributed by atoms with van der Waals surface area (Å²) in [5.41, 5.74) is 7.76. The van der Waals surface area contributed by atoms with E-state index in [0.29, 0.717) is 11.4 Å². The molecule has 134 valence electrons. The minimum Gasteiger partial charge on any atom is -0.491 e. The summed E-state index contributed by atoms with van der Waals surface area (Å²) >= 11 is 0. The number of para-hydroxylation sites is 2. The van der Waals surface area contributed by atoms with Gasteiger partial charge in [0.1, 0.15) is 11.6 Å². The average Bonchev–Trinajstić information content (AvgIpc) is 2.60. The third-order valence-corrected chi connectivity index (χ3v) is 4.09. The molecule has 1 amide bonds. The molecule has 0 aliphatic heterocycles. The zero-order valence-electron chi connectivity index (χ0n) is 15.2. The maximum atomic E-state index is 11.8. The van der Waals surface area contributed by atoms with Gasteiger partial charge in [-0.15, -0.1) is 0 Å². The first-order valence-corrected chi connectivity index (χ1v) is 8.67. The number of hydrogen-bond acceptors (Lipinski definition) is 4. The highest BCUT2D eigenvalue weighted by Gasteiger charge is 2.15. The molecule has 3 aromatic rings. The summed E-state index contributed by atoms with van der Waals surface area (Å²) in [6.07, 6.45) is 0.0867. The van der Waals surface area contributed by atoms with E-state index in [2.05, 4.69) is 10.3 Å². The second-order valence-corrected chi connectivity index (χ2v) is 6.51. The number of anilines is 1. The van der Waals surface area contributed by atoms with Crippen molar-refractivity contribution in [1.29, 1.82) is 0 Å². The van der Waals surface area contributed by atoms with Crippen molar-refractivity contribution in [2.24, 2.45) is 5.73 Å². The van der Waals surface area contributed by atoms with Crippen LogP contribution in [-0.2, 0) is 0 Å². The Labute approximate surface area is 153 Å². The Hall–Kier alpha value is -3.08. The number of ether oxygens (including phenoxy) is 1. The van der Waals surface area contributed by atoms with E-state index in [4.69, 9.17) is 10.5 Å². The van der Waals surface area contributed by atoms with E-state index < -0.39 is 5.91 Å². The van der Waals surface area contributed by atoms with E-state index in [9.17, 15) is 4.79 Å². The fraction of sp³-hybridized carbons (Fsp3) is 0.238. The predicted molar refractivity (Wildman–Crippen MR) is 105 cm³/mol. The van der Waals surface area contributed by atoms with Gasteiger partial charge in [0.05, 0.1) is 23.2 Å².